The Morgan fingerprint density at radius 1 is 1.40 bits per heavy atom. The maximum absolute atomic E-state index is 13.5. The summed E-state index contributed by atoms with van der Waals surface area (Å²) in [5.41, 5.74) is 1.96. The number of amides is 2. The van der Waals surface area contributed by atoms with Gasteiger partial charge in [-0.15, -0.1) is 0 Å². The highest BCUT2D eigenvalue weighted by atomic mass is 19.1. The number of fused-ring (bicyclic) bond motifs is 1. The normalized spacial score (nSPS) is 19.4. The third kappa shape index (κ3) is 2.39. The lowest BCUT2D eigenvalue weighted by Crippen LogP contribution is -2.50. The highest BCUT2D eigenvalue weighted by Gasteiger charge is 2.26. The molecule has 2 heterocycles. The van der Waals surface area contributed by atoms with Gasteiger partial charge in [0.1, 0.15) is 5.82 Å². The number of aromatic amines is 1. The van der Waals surface area contributed by atoms with Crippen LogP contribution in [0, 0.1) is 5.82 Å². The van der Waals surface area contributed by atoms with Crippen LogP contribution < -0.4 is 10.6 Å². The minimum Gasteiger partial charge on any atom is -0.345 e. The van der Waals surface area contributed by atoms with Crippen molar-refractivity contribution in [3.63, 3.8) is 0 Å². The fourth-order valence-corrected chi connectivity index (χ4v) is 2.34. The molecule has 1 saturated heterocycles. The monoisotopic (exact) mass is 276 g/mol. The van der Waals surface area contributed by atoms with Gasteiger partial charge in [0, 0.05) is 13.0 Å². The van der Waals surface area contributed by atoms with Crippen LogP contribution in [0.25, 0.3) is 11.0 Å². The van der Waals surface area contributed by atoms with Gasteiger partial charge >= 0.3 is 0 Å². The summed E-state index contributed by atoms with van der Waals surface area (Å²) in [6.07, 6.45) is 2.26. The van der Waals surface area contributed by atoms with Crippen molar-refractivity contribution >= 4 is 22.8 Å². The second kappa shape index (κ2) is 5.01. The van der Waals surface area contributed by atoms with E-state index < -0.39 is 6.04 Å². The Bertz CT molecular complexity index is 682. The number of imidazole rings is 1. The summed E-state index contributed by atoms with van der Waals surface area (Å²) < 4.78 is 13.5. The highest BCUT2D eigenvalue weighted by Crippen LogP contribution is 2.17. The van der Waals surface area contributed by atoms with Crippen LogP contribution in [0.15, 0.2) is 18.5 Å². The molecule has 0 spiro atoms. The van der Waals surface area contributed by atoms with Crippen molar-refractivity contribution in [3.05, 3.63) is 29.8 Å². The third-order valence-corrected chi connectivity index (χ3v) is 3.35. The van der Waals surface area contributed by atoms with E-state index in [4.69, 9.17) is 0 Å². The van der Waals surface area contributed by atoms with E-state index in [9.17, 15) is 14.0 Å². The molecule has 0 bridgehead atoms. The second-order valence-electron chi connectivity index (χ2n) is 4.75. The molecular weight excluding hydrogens is 263 g/mol. The lowest BCUT2D eigenvalue weighted by Gasteiger charge is -2.21. The van der Waals surface area contributed by atoms with E-state index in [1.54, 1.807) is 0 Å². The summed E-state index contributed by atoms with van der Waals surface area (Å²) in [4.78, 5) is 29.7. The number of aromatic nitrogens is 2. The van der Waals surface area contributed by atoms with Gasteiger partial charge in [-0.3, -0.25) is 14.9 Å². The molecule has 1 aromatic heterocycles. The number of carbonyl (C=O) groups is 2. The number of nitrogens with zero attached hydrogens (tertiary/aromatic N) is 1. The van der Waals surface area contributed by atoms with E-state index in [2.05, 4.69) is 20.6 Å². The fraction of sp³-hybridized carbons (Fsp3) is 0.308. The molecule has 0 aliphatic carbocycles. The number of hydrogen-bond donors (Lipinski definition) is 3. The third-order valence-electron chi connectivity index (χ3n) is 3.35. The molecule has 6 nitrogen and oxygen atoms in total. The van der Waals surface area contributed by atoms with Crippen LogP contribution in [-0.2, 0) is 16.1 Å². The van der Waals surface area contributed by atoms with Crippen molar-refractivity contribution in [1.29, 1.82) is 0 Å². The molecule has 7 heteroatoms. The smallest absolute Gasteiger partial charge is 0.243 e. The molecule has 20 heavy (non-hydrogen) atoms. The number of rotatable bonds is 3. The number of benzene rings is 1. The first kappa shape index (κ1) is 12.7. The molecule has 1 fully saturated rings. The molecule has 2 aromatic rings. The van der Waals surface area contributed by atoms with Gasteiger partial charge in [0.25, 0.3) is 0 Å². The zero-order valence-electron chi connectivity index (χ0n) is 10.6. The van der Waals surface area contributed by atoms with Crippen LogP contribution in [0.5, 0.6) is 0 Å². The molecule has 2 amide bonds. The number of H-pyrrole nitrogens is 1. The summed E-state index contributed by atoms with van der Waals surface area (Å²) in [6.45, 7) is 0.311. The second-order valence-corrected chi connectivity index (χ2v) is 4.75. The topological polar surface area (TPSA) is 86.9 Å². The fourth-order valence-electron chi connectivity index (χ4n) is 2.34. The Labute approximate surface area is 113 Å². The lowest BCUT2D eigenvalue weighted by atomic mass is 10.1. The van der Waals surface area contributed by atoms with Crippen LogP contribution in [0.2, 0.25) is 0 Å². The Hall–Kier alpha value is -2.28. The maximum atomic E-state index is 13.5. The van der Waals surface area contributed by atoms with Crippen molar-refractivity contribution in [3.8, 4) is 0 Å². The van der Waals surface area contributed by atoms with Crippen LogP contribution in [0.3, 0.4) is 0 Å². The molecule has 1 atom stereocenters. The standard InChI is InChI=1S/C13H13FN4O2/c14-8-3-7(12-10(4-8)16-6-17-12)5-15-9-1-2-11(19)18-13(9)20/h3-4,6,9,15H,1-2,5H2,(H,16,17)(H,18,19,20). The first-order valence-corrected chi connectivity index (χ1v) is 6.32. The summed E-state index contributed by atoms with van der Waals surface area (Å²) in [7, 11) is 0. The summed E-state index contributed by atoms with van der Waals surface area (Å²) in [5.74, 6) is -0.953. The van der Waals surface area contributed by atoms with Gasteiger partial charge in [0.05, 0.1) is 23.4 Å². The summed E-state index contributed by atoms with van der Waals surface area (Å²) >= 11 is 0. The largest absolute Gasteiger partial charge is 0.345 e. The number of hydrogen-bond acceptors (Lipinski definition) is 4. The van der Waals surface area contributed by atoms with Crippen LogP contribution in [-0.4, -0.2) is 27.8 Å². The zero-order valence-corrected chi connectivity index (χ0v) is 10.6. The number of halogens is 1. The number of imide groups is 1. The van der Waals surface area contributed by atoms with Gasteiger partial charge in [0.2, 0.25) is 11.8 Å². The molecule has 0 radical (unpaired) electrons. The lowest BCUT2D eigenvalue weighted by molar-refractivity contribution is -0.134. The first-order chi connectivity index (χ1) is 9.63. The Morgan fingerprint density at radius 3 is 3.05 bits per heavy atom. The molecule has 3 rings (SSSR count). The van der Waals surface area contributed by atoms with Crippen LogP contribution in [0.4, 0.5) is 4.39 Å². The van der Waals surface area contributed by atoms with Crippen LogP contribution >= 0.6 is 0 Å². The average Bonchev–Trinajstić information content (AvgIpc) is 2.85. The molecule has 1 aliphatic heterocycles. The van der Waals surface area contributed by atoms with Gasteiger partial charge in [-0.05, 0) is 24.1 Å². The Morgan fingerprint density at radius 2 is 2.25 bits per heavy atom. The quantitative estimate of drug-likeness (QED) is 0.716. The minimum absolute atomic E-state index is 0.256. The molecule has 1 unspecified atom stereocenters. The van der Waals surface area contributed by atoms with Gasteiger partial charge in [0.15, 0.2) is 0 Å². The SMILES string of the molecule is O=C1CCC(NCc2cc(F)cc3[nH]cnc23)C(=O)N1. The summed E-state index contributed by atoms with van der Waals surface area (Å²) in [5, 5.41) is 5.31. The maximum Gasteiger partial charge on any atom is 0.243 e. The van der Waals surface area contributed by atoms with Crippen molar-refractivity contribution in [2.24, 2.45) is 0 Å². The Balaban J connectivity index is 1.75. The van der Waals surface area contributed by atoms with E-state index in [0.29, 0.717) is 36.0 Å². The first-order valence-electron chi connectivity index (χ1n) is 6.32. The van der Waals surface area contributed by atoms with Crippen molar-refractivity contribution in [1.82, 2.24) is 20.6 Å². The number of piperidine rings is 1. The molecule has 0 saturated carbocycles. The molecular formula is C13H13FN4O2. The van der Waals surface area contributed by atoms with E-state index in [1.165, 1.54) is 18.5 Å². The van der Waals surface area contributed by atoms with Crippen molar-refractivity contribution in [2.45, 2.75) is 25.4 Å². The zero-order chi connectivity index (χ0) is 14.1. The molecule has 3 N–H and O–H groups in total. The van der Waals surface area contributed by atoms with Crippen molar-refractivity contribution < 1.29 is 14.0 Å². The van der Waals surface area contributed by atoms with E-state index in [1.807, 2.05) is 0 Å². The van der Waals surface area contributed by atoms with Gasteiger partial charge in [-0.25, -0.2) is 9.37 Å². The van der Waals surface area contributed by atoms with Gasteiger partial charge < -0.3 is 10.3 Å². The molecule has 1 aliphatic rings. The van der Waals surface area contributed by atoms with E-state index in [0.717, 1.165) is 0 Å². The number of carbonyl (C=O) groups excluding carboxylic acids is 2. The summed E-state index contributed by atoms with van der Waals surface area (Å²) in [6, 6.07) is 2.32. The van der Waals surface area contributed by atoms with Crippen molar-refractivity contribution in [2.75, 3.05) is 0 Å². The molecule has 104 valence electrons. The van der Waals surface area contributed by atoms with Gasteiger partial charge in [-0.2, -0.15) is 0 Å². The van der Waals surface area contributed by atoms with Gasteiger partial charge in [-0.1, -0.05) is 0 Å². The predicted octanol–water partition coefficient (Wildman–Crippen LogP) is 0.597. The Kier molecular flexibility index (Phi) is 3.19. The predicted molar refractivity (Wildman–Crippen MR) is 69.1 cm³/mol. The van der Waals surface area contributed by atoms with E-state index >= 15 is 0 Å². The average molecular weight is 276 g/mol. The minimum atomic E-state index is -0.440. The highest BCUT2D eigenvalue weighted by molar-refractivity contribution is 6.00. The number of nitrogens with one attached hydrogen (secondary N) is 3. The van der Waals surface area contributed by atoms with Crippen LogP contribution in [0.1, 0.15) is 18.4 Å². The molecule has 1 aromatic carbocycles. The van der Waals surface area contributed by atoms with E-state index in [-0.39, 0.29) is 17.6 Å².